The summed E-state index contributed by atoms with van der Waals surface area (Å²) >= 11 is 1.98. The first kappa shape index (κ1) is 6.53. The average Bonchev–Trinajstić information content (AvgIpc) is 2.35. The second-order valence-electron chi connectivity index (χ2n) is 3.10. The van der Waals surface area contributed by atoms with Gasteiger partial charge in [0.05, 0.1) is 0 Å². The summed E-state index contributed by atoms with van der Waals surface area (Å²) in [5.41, 5.74) is 0. The molecular weight excluding hydrogens is 146 g/mol. The number of hydrogen-bond donors (Lipinski definition) is 1. The molecule has 56 valence electrons. The molecule has 2 aliphatic heterocycles. The van der Waals surface area contributed by atoms with Crippen molar-refractivity contribution in [3.8, 4) is 0 Å². The van der Waals surface area contributed by atoms with E-state index in [1.807, 2.05) is 11.8 Å². The van der Waals surface area contributed by atoms with Crippen molar-refractivity contribution in [2.75, 3.05) is 5.75 Å². The average molecular weight is 157 g/mol. The number of thioether (sulfide) groups is 1. The highest BCUT2D eigenvalue weighted by Crippen LogP contribution is 2.36. The fourth-order valence-corrected chi connectivity index (χ4v) is 3.14. The van der Waals surface area contributed by atoms with Crippen molar-refractivity contribution in [1.29, 1.82) is 0 Å². The molecule has 2 nitrogen and oxygen atoms in total. The minimum absolute atomic E-state index is 0.252. The van der Waals surface area contributed by atoms with Gasteiger partial charge in [0.15, 0.2) is 0 Å². The van der Waals surface area contributed by atoms with Crippen molar-refractivity contribution in [2.24, 2.45) is 5.92 Å². The highest BCUT2D eigenvalue weighted by Gasteiger charge is 2.40. The largest absolute Gasteiger partial charge is 0.352 e. The van der Waals surface area contributed by atoms with Gasteiger partial charge in [-0.05, 0) is 11.7 Å². The van der Waals surface area contributed by atoms with E-state index in [1.54, 1.807) is 0 Å². The van der Waals surface area contributed by atoms with Crippen molar-refractivity contribution in [3.05, 3.63) is 0 Å². The van der Waals surface area contributed by atoms with Crippen molar-refractivity contribution in [2.45, 2.75) is 24.6 Å². The van der Waals surface area contributed by atoms with Crippen LogP contribution in [0.1, 0.15) is 13.3 Å². The number of rotatable bonds is 0. The SMILES string of the molecule is CC1SCC2CC(=O)NC21. The molecular formula is C7H11NOS. The lowest BCUT2D eigenvalue weighted by molar-refractivity contribution is -0.119. The van der Waals surface area contributed by atoms with Gasteiger partial charge < -0.3 is 5.32 Å². The van der Waals surface area contributed by atoms with Gasteiger partial charge in [0.2, 0.25) is 5.91 Å². The molecule has 0 aliphatic carbocycles. The van der Waals surface area contributed by atoms with Crippen LogP contribution in [0.2, 0.25) is 0 Å². The van der Waals surface area contributed by atoms with E-state index in [1.165, 1.54) is 5.75 Å². The first-order valence-electron chi connectivity index (χ1n) is 3.68. The van der Waals surface area contributed by atoms with Gasteiger partial charge >= 0.3 is 0 Å². The van der Waals surface area contributed by atoms with Crippen molar-refractivity contribution >= 4 is 17.7 Å². The van der Waals surface area contributed by atoms with Crippen LogP contribution in [0.4, 0.5) is 0 Å². The van der Waals surface area contributed by atoms with E-state index in [9.17, 15) is 4.79 Å². The van der Waals surface area contributed by atoms with E-state index in [-0.39, 0.29) is 5.91 Å². The summed E-state index contributed by atoms with van der Waals surface area (Å²) in [7, 11) is 0. The molecule has 2 fully saturated rings. The third-order valence-corrected chi connectivity index (χ3v) is 3.80. The molecule has 0 aromatic rings. The zero-order chi connectivity index (χ0) is 7.14. The van der Waals surface area contributed by atoms with Crippen LogP contribution in [0, 0.1) is 5.92 Å². The van der Waals surface area contributed by atoms with Crippen molar-refractivity contribution < 1.29 is 4.79 Å². The Kier molecular flexibility index (Phi) is 1.41. The maximum Gasteiger partial charge on any atom is 0.220 e. The van der Waals surface area contributed by atoms with Gasteiger partial charge in [-0.3, -0.25) is 4.79 Å². The fourth-order valence-electron chi connectivity index (χ4n) is 1.77. The first-order valence-corrected chi connectivity index (χ1v) is 4.73. The quantitative estimate of drug-likeness (QED) is 0.558. The molecule has 0 aromatic heterocycles. The zero-order valence-corrected chi connectivity index (χ0v) is 6.78. The lowest BCUT2D eigenvalue weighted by Gasteiger charge is -2.11. The van der Waals surface area contributed by atoms with Gasteiger partial charge in [-0.15, -0.1) is 0 Å². The molecule has 0 radical (unpaired) electrons. The molecule has 0 bridgehead atoms. The normalized spacial score (nSPS) is 45.3. The predicted octanol–water partition coefficient (Wildman–Crippen LogP) is 0.626. The Balaban J connectivity index is 2.12. The van der Waals surface area contributed by atoms with E-state index in [0.717, 1.165) is 6.42 Å². The van der Waals surface area contributed by atoms with Crippen LogP contribution in [0.25, 0.3) is 0 Å². The fraction of sp³-hybridized carbons (Fsp3) is 0.857. The van der Waals surface area contributed by atoms with Crippen LogP contribution < -0.4 is 5.32 Å². The molecule has 2 rings (SSSR count). The number of amides is 1. The number of carbonyl (C=O) groups excluding carboxylic acids is 1. The van der Waals surface area contributed by atoms with Crippen LogP contribution in [-0.4, -0.2) is 23.0 Å². The maximum atomic E-state index is 10.9. The van der Waals surface area contributed by atoms with Crippen molar-refractivity contribution in [3.63, 3.8) is 0 Å². The Morgan fingerprint density at radius 3 is 3.20 bits per heavy atom. The Labute approximate surface area is 64.8 Å². The van der Waals surface area contributed by atoms with Gasteiger partial charge in [-0.1, -0.05) is 6.92 Å². The molecule has 2 aliphatic rings. The molecule has 0 aromatic carbocycles. The molecule has 2 heterocycles. The van der Waals surface area contributed by atoms with E-state index in [2.05, 4.69) is 12.2 Å². The Morgan fingerprint density at radius 2 is 2.50 bits per heavy atom. The number of hydrogen-bond acceptors (Lipinski definition) is 2. The van der Waals surface area contributed by atoms with E-state index in [4.69, 9.17) is 0 Å². The number of carbonyl (C=O) groups is 1. The summed E-state index contributed by atoms with van der Waals surface area (Å²) < 4.78 is 0. The van der Waals surface area contributed by atoms with Gasteiger partial charge in [-0.25, -0.2) is 0 Å². The van der Waals surface area contributed by atoms with E-state index in [0.29, 0.717) is 17.2 Å². The minimum Gasteiger partial charge on any atom is -0.352 e. The first-order chi connectivity index (χ1) is 4.77. The van der Waals surface area contributed by atoms with Gasteiger partial charge in [0, 0.05) is 17.7 Å². The second kappa shape index (κ2) is 2.16. The molecule has 3 atom stereocenters. The molecule has 1 N–H and O–H groups in total. The van der Waals surface area contributed by atoms with Gasteiger partial charge in [0.1, 0.15) is 0 Å². The Morgan fingerprint density at radius 1 is 1.70 bits per heavy atom. The lowest BCUT2D eigenvalue weighted by atomic mass is 10.0. The maximum absolute atomic E-state index is 10.9. The molecule has 3 heteroatoms. The molecule has 3 unspecified atom stereocenters. The summed E-state index contributed by atoms with van der Waals surface area (Å²) in [5, 5.41) is 3.64. The van der Waals surface area contributed by atoms with Gasteiger partial charge in [-0.2, -0.15) is 11.8 Å². The highest BCUT2D eigenvalue weighted by atomic mass is 32.2. The summed E-state index contributed by atoms with van der Waals surface area (Å²) in [6.07, 6.45) is 0.766. The molecule has 2 saturated heterocycles. The standard InChI is InChI=1S/C7H11NOS/c1-4-7-5(3-10-4)2-6(9)8-7/h4-5,7H,2-3H2,1H3,(H,8,9). The lowest BCUT2D eigenvalue weighted by Crippen LogP contribution is -2.32. The molecule has 1 amide bonds. The Bertz CT molecular complexity index is 171. The third kappa shape index (κ3) is 0.839. The molecule has 10 heavy (non-hydrogen) atoms. The van der Waals surface area contributed by atoms with E-state index < -0.39 is 0 Å². The van der Waals surface area contributed by atoms with Gasteiger partial charge in [0.25, 0.3) is 0 Å². The van der Waals surface area contributed by atoms with E-state index >= 15 is 0 Å². The van der Waals surface area contributed by atoms with Crippen LogP contribution >= 0.6 is 11.8 Å². The topological polar surface area (TPSA) is 29.1 Å². The third-order valence-electron chi connectivity index (χ3n) is 2.36. The number of fused-ring (bicyclic) bond motifs is 1. The van der Waals surface area contributed by atoms with Crippen molar-refractivity contribution in [1.82, 2.24) is 5.32 Å². The van der Waals surface area contributed by atoms with Crippen LogP contribution in [0.5, 0.6) is 0 Å². The summed E-state index contributed by atoms with van der Waals surface area (Å²) in [5.74, 6) is 2.06. The Hall–Kier alpha value is -0.180. The van der Waals surface area contributed by atoms with Crippen LogP contribution in [0.3, 0.4) is 0 Å². The minimum atomic E-state index is 0.252. The number of nitrogens with one attached hydrogen (secondary N) is 1. The zero-order valence-electron chi connectivity index (χ0n) is 5.96. The van der Waals surface area contributed by atoms with Crippen LogP contribution in [0.15, 0.2) is 0 Å². The monoisotopic (exact) mass is 157 g/mol. The smallest absolute Gasteiger partial charge is 0.220 e. The molecule has 0 saturated carbocycles. The predicted molar refractivity (Wildman–Crippen MR) is 42.0 cm³/mol. The molecule has 0 spiro atoms. The summed E-state index contributed by atoms with van der Waals surface area (Å²) in [6, 6.07) is 0.484. The summed E-state index contributed by atoms with van der Waals surface area (Å²) in [4.78, 5) is 10.9. The highest BCUT2D eigenvalue weighted by molar-refractivity contribution is 8.00. The second-order valence-corrected chi connectivity index (χ2v) is 4.51. The summed E-state index contributed by atoms with van der Waals surface area (Å²) in [6.45, 7) is 2.20. The van der Waals surface area contributed by atoms with Crippen LogP contribution in [-0.2, 0) is 4.79 Å².